The van der Waals surface area contributed by atoms with Crippen LogP contribution in [0.2, 0.25) is 5.02 Å². The molecule has 0 bridgehead atoms. The molecule has 0 saturated heterocycles. The molecule has 20 heavy (non-hydrogen) atoms. The number of fused-ring (bicyclic) bond motifs is 1. The van der Waals surface area contributed by atoms with E-state index in [9.17, 15) is 0 Å². The van der Waals surface area contributed by atoms with Gasteiger partial charge in [0.05, 0.1) is 6.04 Å². The van der Waals surface area contributed by atoms with Crippen molar-refractivity contribution in [2.75, 3.05) is 5.32 Å². The second-order valence-electron chi connectivity index (χ2n) is 5.78. The van der Waals surface area contributed by atoms with Gasteiger partial charge in [0.15, 0.2) is 0 Å². The van der Waals surface area contributed by atoms with Crippen molar-refractivity contribution in [3.05, 3.63) is 58.6 Å². The first kappa shape index (κ1) is 13.3. The van der Waals surface area contributed by atoms with Crippen LogP contribution in [-0.4, -0.2) is 5.60 Å². The summed E-state index contributed by atoms with van der Waals surface area (Å²) in [5.74, 6) is 0.960. The molecule has 0 aromatic heterocycles. The summed E-state index contributed by atoms with van der Waals surface area (Å²) >= 11 is 6.02. The normalized spacial score (nSPS) is 19.3. The first-order valence-corrected chi connectivity index (χ1v) is 7.16. The van der Waals surface area contributed by atoms with Gasteiger partial charge < -0.3 is 10.1 Å². The highest BCUT2D eigenvalue weighted by molar-refractivity contribution is 6.30. The maximum Gasteiger partial charge on any atom is 0.128 e. The number of ether oxygens (including phenoxy) is 1. The molecule has 1 atom stereocenters. The Hall–Kier alpha value is -1.67. The summed E-state index contributed by atoms with van der Waals surface area (Å²) in [6.07, 6.45) is 0. The van der Waals surface area contributed by atoms with Crippen LogP contribution < -0.4 is 10.1 Å². The fourth-order valence-electron chi connectivity index (χ4n) is 2.72. The Morgan fingerprint density at radius 2 is 1.90 bits per heavy atom. The predicted molar refractivity (Wildman–Crippen MR) is 83.7 cm³/mol. The quantitative estimate of drug-likeness (QED) is 0.842. The second-order valence-corrected chi connectivity index (χ2v) is 6.22. The Morgan fingerprint density at radius 1 is 1.15 bits per heavy atom. The zero-order valence-electron chi connectivity index (χ0n) is 11.9. The van der Waals surface area contributed by atoms with Gasteiger partial charge in [-0.15, -0.1) is 0 Å². The minimum Gasteiger partial charge on any atom is -0.485 e. The van der Waals surface area contributed by atoms with Gasteiger partial charge >= 0.3 is 0 Å². The average molecular weight is 288 g/mol. The van der Waals surface area contributed by atoms with E-state index < -0.39 is 0 Å². The van der Waals surface area contributed by atoms with Crippen molar-refractivity contribution in [2.45, 2.75) is 32.4 Å². The van der Waals surface area contributed by atoms with Crippen molar-refractivity contribution in [3.63, 3.8) is 0 Å². The van der Waals surface area contributed by atoms with Gasteiger partial charge in [0, 0.05) is 16.3 Å². The molecule has 104 valence electrons. The number of halogens is 1. The number of hydrogen-bond donors (Lipinski definition) is 1. The van der Waals surface area contributed by atoms with Crippen LogP contribution in [0, 0.1) is 6.92 Å². The highest BCUT2D eigenvalue weighted by atomic mass is 35.5. The van der Waals surface area contributed by atoms with Crippen LogP contribution in [-0.2, 0) is 0 Å². The zero-order chi connectivity index (χ0) is 14.3. The average Bonchev–Trinajstić information content (AvgIpc) is 2.63. The van der Waals surface area contributed by atoms with Gasteiger partial charge in [0.25, 0.3) is 0 Å². The maximum atomic E-state index is 6.05. The van der Waals surface area contributed by atoms with Crippen molar-refractivity contribution < 1.29 is 4.74 Å². The third kappa shape index (κ3) is 2.25. The van der Waals surface area contributed by atoms with Gasteiger partial charge in [-0.3, -0.25) is 0 Å². The Kier molecular flexibility index (Phi) is 3.14. The zero-order valence-corrected chi connectivity index (χ0v) is 12.7. The number of nitrogens with one attached hydrogen (secondary N) is 1. The lowest BCUT2D eigenvalue weighted by atomic mass is 9.94. The molecule has 1 heterocycles. The van der Waals surface area contributed by atoms with E-state index >= 15 is 0 Å². The fraction of sp³-hybridized carbons (Fsp3) is 0.294. The lowest BCUT2D eigenvalue weighted by Crippen LogP contribution is -2.34. The van der Waals surface area contributed by atoms with Gasteiger partial charge in [-0.2, -0.15) is 0 Å². The molecule has 1 aliphatic heterocycles. The van der Waals surface area contributed by atoms with E-state index in [2.05, 4.69) is 32.2 Å². The molecule has 3 heteroatoms. The van der Waals surface area contributed by atoms with Crippen LogP contribution in [0.4, 0.5) is 5.69 Å². The van der Waals surface area contributed by atoms with Crippen molar-refractivity contribution in [1.82, 2.24) is 0 Å². The molecule has 0 radical (unpaired) electrons. The molecule has 2 nitrogen and oxygen atoms in total. The van der Waals surface area contributed by atoms with Crippen molar-refractivity contribution in [1.29, 1.82) is 0 Å². The van der Waals surface area contributed by atoms with Crippen molar-refractivity contribution in [2.24, 2.45) is 0 Å². The van der Waals surface area contributed by atoms with Crippen LogP contribution >= 0.6 is 11.6 Å². The Morgan fingerprint density at radius 3 is 2.65 bits per heavy atom. The van der Waals surface area contributed by atoms with Crippen molar-refractivity contribution >= 4 is 17.3 Å². The molecule has 2 aromatic rings. The number of rotatable bonds is 2. The van der Waals surface area contributed by atoms with E-state index in [1.54, 1.807) is 0 Å². The highest BCUT2D eigenvalue weighted by Crippen LogP contribution is 2.44. The first-order chi connectivity index (χ1) is 9.47. The fourth-order valence-corrected chi connectivity index (χ4v) is 2.95. The van der Waals surface area contributed by atoms with Gasteiger partial charge in [0.1, 0.15) is 11.4 Å². The minimum atomic E-state index is -0.282. The van der Waals surface area contributed by atoms with Crippen LogP contribution in [0.25, 0.3) is 0 Å². The number of para-hydroxylation sites is 1. The topological polar surface area (TPSA) is 21.3 Å². The number of benzene rings is 2. The van der Waals surface area contributed by atoms with E-state index in [0.29, 0.717) is 0 Å². The Balaban J connectivity index is 1.97. The van der Waals surface area contributed by atoms with Crippen LogP contribution in [0.3, 0.4) is 0 Å². The highest BCUT2D eigenvalue weighted by Gasteiger charge is 2.41. The Labute approximate surface area is 124 Å². The van der Waals surface area contributed by atoms with Crippen LogP contribution in [0.5, 0.6) is 5.75 Å². The van der Waals surface area contributed by atoms with Gasteiger partial charge in [0.2, 0.25) is 0 Å². The largest absolute Gasteiger partial charge is 0.485 e. The molecule has 3 rings (SSSR count). The third-order valence-corrected chi connectivity index (χ3v) is 4.02. The van der Waals surface area contributed by atoms with Crippen LogP contribution in [0.1, 0.15) is 31.0 Å². The van der Waals surface area contributed by atoms with E-state index in [1.807, 2.05) is 36.4 Å². The summed E-state index contributed by atoms with van der Waals surface area (Å²) in [5.41, 5.74) is 3.15. The molecule has 0 aliphatic carbocycles. The molecule has 0 fully saturated rings. The lowest BCUT2D eigenvalue weighted by molar-refractivity contribution is 0.118. The second kappa shape index (κ2) is 4.71. The van der Waals surface area contributed by atoms with Gasteiger partial charge in [-0.1, -0.05) is 29.8 Å². The van der Waals surface area contributed by atoms with E-state index in [0.717, 1.165) is 22.0 Å². The number of aryl methyl sites for hydroxylation is 1. The number of hydrogen-bond acceptors (Lipinski definition) is 2. The van der Waals surface area contributed by atoms with E-state index in [1.165, 1.54) is 5.56 Å². The first-order valence-electron chi connectivity index (χ1n) is 6.78. The molecule has 0 spiro atoms. The standard InChI is InChI=1S/C17H18ClNO/c1-11-10-12(18)8-9-14(11)19-16-13-6-4-5-7-15(13)20-17(16,2)3/h4-10,16,19H,1-3H3. The monoisotopic (exact) mass is 287 g/mol. The Bertz CT molecular complexity index is 651. The van der Waals surface area contributed by atoms with E-state index in [4.69, 9.17) is 16.3 Å². The van der Waals surface area contributed by atoms with Crippen molar-refractivity contribution in [3.8, 4) is 5.75 Å². The predicted octanol–water partition coefficient (Wildman–Crippen LogP) is 4.97. The number of anilines is 1. The third-order valence-electron chi connectivity index (χ3n) is 3.79. The molecular weight excluding hydrogens is 270 g/mol. The molecule has 2 aromatic carbocycles. The SMILES string of the molecule is Cc1cc(Cl)ccc1NC1c2ccccc2OC1(C)C. The summed E-state index contributed by atoms with van der Waals surface area (Å²) in [5, 5.41) is 4.36. The van der Waals surface area contributed by atoms with Gasteiger partial charge in [-0.25, -0.2) is 0 Å². The molecular formula is C17H18ClNO. The smallest absolute Gasteiger partial charge is 0.128 e. The summed E-state index contributed by atoms with van der Waals surface area (Å²) in [7, 11) is 0. The molecule has 0 amide bonds. The molecule has 1 aliphatic rings. The summed E-state index contributed by atoms with van der Waals surface area (Å²) < 4.78 is 6.05. The van der Waals surface area contributed by atoms with Gasteiger partial charge in [-0.05, 0) is 50.6 Å². The summed E-state index contributed by atoms with van der Waals surface area (Å²) in [6.45, 7) is 6.27. The maximum absolute atomic E-state index is 6.05. The molecule has 0 saturated carbocycles. The van der Waals surface area contributed by atoms with E-state index in [-0.39, 0.29) is 11.6 Å². The minimum absolute atomic E-state index is 0.124. The summed E-state index contributed by atoms with van der Waals surface area (Å²) in [6, 6.07) is 14.2. The summed E-state index contributed by atoms with van der Waals surface area (Å²) in [4.78, 5) is 0. The molecule has 1 N–H and O–H groups in total. The molecule has 1 unspecified atom stereocenters. The van der Waals surface area contributed by atoms with Crippen LogP contribution in [0.15, 0.2) is 42.5 Å². The lowest BCUT2D eigenvalue weighted by Gasteiger charge is -2.28.